The number of carbonyl (C=O) groups excluding carboxylic acids is 1. The van der Waals surface area contributed by atoms with Gasteiger partial charge in [0, 0.05) is 10.2 Å². The first kappa shape index (κ1) is 21.1. The second-order valence-electron chi connectivity index (χ2n) is 6.86. The lowest BCUT2D eigenvalue weighted by Gasteiger charge is -2.27. The average Bonchev–Trinajstić information content (AvgIpc) is 3.06. The lowest BCUT2D eigenvalue weighted by molar-refractivity contribution is -0.117. The Morgan fingerprint density at radius 1 is 0.935 bits per heavy atom. The van der Waals surface area contributed by atoms with Crippen LogP contribution in [0.15, 0.2) is 98.9 Å². The fourth-order valence-corrected chi connectivity index (χ4v) is 5.45. The van der Waals surface area contributed by atoms with E-state index in [2.05, 4.69) is 15.9 Å². The first-order valence-corrected chi connectivity index (χ1v) is 11.6. The SMILES string of the molecule is COc1ccc([C@@H]2C(S(=O)(=O)c3ccccc3)=C(O)C(=O)N2c2ccc(Br)cc2)cc1. The standard InChI is InChI=1S/C23H18BrNO5S/c1-30-18-13-7-15(8-14-18)20-22(31(28,29)19-5-3-2-4-6-19)21(26)23(27)25(20)17-11-9-16(24)10-12-17/h2-14,20,26H,1H3/t20-/m1/s1. The zero-order valence-electron chi connectivity index (χ0n) is 16.4. The topological polar surface area (TPSA) is 83.9 Å². The van der Waals surface area contributed by atoms with Crippen LogP contribution in [-0.2, 0) is 14.6 Å². The third-order valence-electron chi connectivity index (χ3n) is 5.04. The third kappa shape index (κ3) is 3.73. The second-order valence-corrected chi connectivity index (χ2v) is 9.69. The summed E-state index contributed by atoms with van der Waals surface area (Å²) in [5.41, 5.74) is 0.981. The maximum Gasteiger partial charge on any atom is 0.295 e. The Kier molecular flexibility index (Phi) is 5.60. The van der Waals surface area contributed by atoms with Crippen molar-refractivity contribution in [1.82, 2.24) is 0 Å². The first-order chi connectivity index (χ1) is 14.8. The molecule has 0 saturated heterocycles. The zero-order chi connectivity index (χ0) is 22.2. The fourth-order valence-electron chi connectivity index (χ4n) is 3.54. The number of ether oxygens (including phenoxy) is 1. The Labute approximate surface area is 188 Å². The largest absolute Gasteiger partial charge is 0.502 e. The van der Waals surface area contributed by atoms with E-state index in [0.717, 1.165) is 4.47 Å². The van der Waals surface area contributed by atoms with E-state index in [1.807, 2.05) is 0 Å². The van der Waals surface area contributed by atoms with Crippen molar-refractivity contribution in [2.75, 3.05) is 12.0 Å². The van der Waals surface area contributed by atoms with E-state index in [1.54, 1.807) is 66.7 Å². The highest BCUT2D eigenvalue weighted by Gasteiger charge is 2.47. The number of amides is 1. The van der Waals surface area contributed by atoms with E-state index in [9.17, 15) is 18.3 Å². The molecular weight excluding hydrogens is 482 g/mol. The number of anilines is 1. The molecule has 0 fully saturated rings. The van der Waals surface area contributed by atoms with Crippen LogP contribution in [0, 0.1) is 0 Å². The number of methoxy groups -OCH3 is 1. The average molecular weight is 500 g/mol. The van der Waals surface area contributed by atoms with E-state index < -0.39 is 27.5 Å². The number of aliphatic hydroxyl groups excluding tert-OH is 1. The van der Waals surface area contributed by atoms with Crippen molar-refractivity contribution in [3.05, 3.63) is 99.6 Å². The molecule has 1 aliphatic rings. The molecule has 1 heterocycles. The summed E-state index contributed by atoms with van der Waals surface area (Å²) in [5.74, 6) is -0.978. The number of halogens is 1. The van der Waals surface area contributed by atoms with E-state index in [-0.39, 0.29) is 9.80 Å². The number of nitrogens with zero attached hydrogens (tertiary/aromatic N) is 1. The van der Waals surface area contributed by atoms with Crippen molar-refractivity contribution >= 4 is 37.4 Å². The highest BCUT2D eigenvalue weighted by atomic mass is 79.9. The fraction of sp³-hybridized carbons (Fsp3) is 0.0870. The van der Waals surface area contributed by atoms with Crippen LogP contribution in [0.2, 0.25) is 0 Å². The van der Waals surface area contributed by atoms with Gasteiger partial charge in [-0.2, -0.15) is 0 Å². The molecule has 1 aliphatic heterocycles. The quantitative estimate of drug-likeness (QED) is 0.545. The molecular formula is C23H18BrNO5S. The number of carbonyl (C=O) groups is 1. The molecule has 0 saturated carbocycles. The van der Waals surface area contributed by atoms with Gasteiger partial charge in [-0.3, -0.25) is 9.69 Å². The minimum absolute atomic E-state index is 0.000479. The highest BCUT2D eigenvalue weighted by Crippen LogP contribution is 2.45. The summed E-state index contributed by atoms with van der Waals surface area (Å²) in [5, 5.41) is 10.7. The van der Waals surface area contributed by atoms with Crippen molar-refractivity contribution < 1.29 is 23.1 Å². The molecule has 8 heteroatoms. The molecule has 6 nitrogen and oxygen atoms in total. The molecule has 0 aliphatic carbocycles. The van der Waals surface area contributed by atoms with Crippen LogP contribution in [0.1, 0.15) is 11.6 Å². The Balaban J connectivity index is 1.93. The van der Waals surface area contributed by atoms with Gasteiger partial charge >= 0.3 is 0 Å². The predicted octanol–water partition coefficient (Wildman–Crippen LogP) is 4.79. The van der Waals surface area contributed by atoms with E-state index >= 15 is 0 Å². The minimum atomic E-state index is -4.16. The van der Waals surface area contributed by atoms with E-state index in [0.29, 0.717) is 17.0 Å². The van der Waals surface area contributed by atoms with Gasteiger partial charge in [-0.1, -0.05) is 46.3 Å². The van der Waals surface area contributed by atoms with Crippen LogP contribution in [0.5, 0.6) is 5.75 Å². The summed E-state index contributed by atoms with van der Waals surface area (Å²) in [6.07, 6.45) is 0. The highest BCUT2D eigenvalue weighted by molar-refractivity contribution is 9.10. The zero-order valence-corrected chi connectivity index (χ0v) is 18.8. The Bertz CT molecular complexity index is 1250. The summed E-state index contributed by atoms with van der Waals surface area (Å²) in [6, 6.07) is 20.3. The van der Waals surface area contributed by atoms with Crippen molar-refractivity contribution in [3.63, 3.8) is 0 Å². The van der Waals surface area contributed by atoms with E-state index in [1.165, 1.54) is 24.1 Å². The molecule has 0 unspecified atom stereocenters. The maximum absolute atomic E-state index is 13.5. The Morgan fingerprint density at radius 2 is 1.55 bits per heavy atom. The smallest absolute Gasteiger partial charge is 0.295 e. The Morgan fingerprint density at radius 3 is 2.13 bits per heavy atom. The summed E-state index contributed by atoms with van der Waals surface area (Å²) < 4.78 is 33.0. The molecule has 31 heavy (non-hydrogen) atoms. The first-order valence-electron chi connectivity index (χ1n) is 9.31. The van der Waals surface area contributed by atoms with Crippen molar-refractivity contribution in [2.45, 2.75) is 10.9 Å². The molecule has 1 N–H and O–H groups in total. The maximum atomic E-state index is 13.5. The minimum Gasteiger partial charge on any atom is -0.502 e. The number of hydrogen-bond donors (Lipinski definition) is 1. The summed E-state index contributed by atoms with van der Waals surface area (Å²) >= 11 is 3.36. The van der Waals surface area contributed by atoms with Gasteiger partial charge in [0.1, 0.15) is 16.7 Å². The van der Waals surface area contributed by atoms with Crippen molar-refractivity contribution in [1.29, 1.82) is 0 Å². The van der Waals surface area contributed by atoms with Crippen molar-refractivity contribution in [3.8, 4) is 5.75 Å². The molecule has 0 aromatic heterocycles. The van der Waals surface area contributed by atoms with Crippen LogP contribution in [-0.4, -0.2) is 26.5 Å². The molecule has 3 aromatic carbocycles. The summed E-state index contributed by atoms with van der Waals surface area (Å²) in [4.78, 5) is 14.0. The molecule has 158 valence electrons. The predicted molar refractivity (Wildman–Crippen MR) is 121 cm³/mol. The van der Waals surface area contributed by atoms with Crippen LogP contribution < -0.4 is 9.64 Å². The lowest BCUT2D eigenvalue weighted by Crippen LogP contribution is -2.31. The van der Waals surface area contributed by atoms with Gasteiger partial charge in [0.25, 0.3) is 5.91 Å². The van der Waals surface area contributed by atoms with E-state index in [4.69, 9.17) is 4.74 Å². The molecule has 0 radical (unpaired) electrons. The lowest BCUT2D eigenvalue weighted by atomic mass is 10.1. The van der Waals surface area contributed by atoms with Gasteiger partial charge in [-0.05, 0) is 54.1 Å². The molecule has 4 rings (SSSR count). The molecule has 1 amide bonds. The third-order valence-corrected chi connectivity index (χ3v) is 7.46. The van der Waals surface area contributed by atoms with Gasteiger partial charge in [-0.15, -0.1) is 0 Å². The van der Waals surface area contributed by atoms with Crippen LogP contribution in [0.3, 0.4) is 0 Å². The number of rotatable bonds is 5. The molecule has 0 bridgehead atoms. The normalized spacial score (nSPS) is 16.6. The van der Waals surface area contributed by atoms with Gasteiger partial charge in [0.05, 0.1) is 12.0 Å². The number of hydrogen-bond acceptors (Lipinski definition) is 5. The van der Waals surface area contributed by atoms with Gasteiger partial charge < -0.3 is 9.84 Å². The molecule has 3 aromatic rings. The van der Waals surface area contributed by atoms with Gasteiger partial charge in [-0.25, -0.2) is 8.42 Å². The summed E-state index contributed by atoms with van der Waals surface area (Å²) in [6.45, 7) is 0. The number of benzene rings is 3. The van der Waals surface area contributed by atoms with Crippen LogP contribution >= 0.6 is 15.9 Å². The number of aliphatic hydroxyl groups is 1. The van der Waals surface area contributed by atoms with Crippen LogP contribution in [0.25, 0.3) is 0 Å². The second kappa shape index (κ2) is 8.20. The summed E-state index contributed by atoms with van der Waals surface area (Å²) in [7, 11) is -2.63. The number of sulfone groups is 1. The van der Waals surface area contributed by atoms with Gasteiger partial charge in [0.2, 0.25) is 9.84 Å². The Hall–Kier alpha value is -3.10. The van der Waals surface area contributed by atoms with Gasteiger partial charge in [0.15, 0.2) is 5.76 Å². The molecule has 1 atom stereocenters. The van der Waals surface area contributed by atoms with Crippen LogP contribution in [0.4, 0.5) is 5.69 Å². The molecule has 0 spiro atoms. The van der Waals surface area contributed by atoms with Crippen molar-refractivity contribution in [2.24, 2.45) is 0 Å². The monoisotopic (exact) mass is 499 g/mol.